The van der Waals surface area contributed by atoms with Crippen molar-refractivity contribution in [2.24, 2.45) is 5.16 Å². The molecule has 1 aromatic heterocycles. The lowest BCUT2D eigenvalue weighted by Gasteiger charge is -2.19. The van der Waals surface area contributed by atoms with E-state index in [0.29, 0.717) is 10.6 Å². The van der Waals surface area contributed by atoms with Crippen LogP contribution in [0.25, 0.3) is 0 Å². The first-order chi connectivity index (χ1) is 8.33. The van der Waals surface area contributed by atoms with Crippen molar-refractivity contribution in [3.05, 3.63) is 22.8 Å². The molecule has 0 aromatic carbocycles. The van der Waals surface area contributed by atoms with E-state index in [9.17, 15) is 4.79 Å². The van der Waals surface area contributed by atoms with Crippen LogP contribution >= 0.6 is 11.6 Å². The fourth-order valence-electron chi connectivity index (χ4n) is 1.13. The molecule has 1 rings (SSSR count). The van der Waals surface area contributed by atoms with Gasteiger partial charge in [0.2, 0.25) is 0 Å². The Hall–Kier alpha value is -1.82. The summed E-state index contributed by atoms with van der Waals surface area (Å²) in [5.41, 5.74) is -0.319. The summed E-state index contributed by atoms with van der Waals surface area (Å²) in [6.07, 6.45) is 1.84. The molecule has 0 saturated carbocycles. The van der Waals surface area contributed by atoms with E-state index in [-0.39, 0.29) is 5.82 Å². The summed E-state index contributed by atoms with van der Waals surface area (Å²) in [7, 11) is 0. The molecular weight excluding hydrogens is 258 g/mol. The van der Waals surface area contributed by atoms with Gasteiger partial charge in [-0.3, -0.25) is 5.32 Å². The molecule has 0 aliphatic carbocycles. The van der Waals surface area contributed by atoms with Gasteiger partial charge < -0.3 is 9.94 Å². The van der Waals surface area contributed by atoms with Crippen molar-refractivity contribution in [2.45, 2.75) is 26.4 Å². The van der Waals surface area contributed by atoms with Crippen molar-refractivity contribution in [1.82, 2.24) is 4.98 Å². The smallest absolute Gasteiger partial charge is 0.413 e. The summed E-state index contributed by atoms with van der Waals surface area (Å²) in [4.78, 5) is 15.5. The third-order valence-corrected chi connectivity index (χ3v) is 2.07. The first kappa shape index (κ1) is 14.2. The van der Waals surface area contributed by atoms with Crippen LogP contribution < -0.4 is 5.32 Å². The van der Waals surface area contributed by atoms with E-state index in [4.69, 9.17) is 21.5 Å². The highest BCUT2D eigenvalue weighted by Gasteiger charge is 2.18. The molecule has 0 radical (unpaired) electrons. The number of pyridine rings is 1. The highest BCUT2D eigenvalue weighted by atomic mass is 35.5. The monoisotopic (exact) mass is 271 g/mol. The minimum absolute atomic E-state index is 0.162. The van der Waals surface area contributed by atoms with Crippen LogP contribution in [0.5, 0.6) is 0 Å². The van der Waals surface area contributed by atoms with E-state index in [1.807, 2.05) is 0 Å². The number of nitrogens with one attached hydrogen (secondary N) is 1. The van der Waals surface area contributed by atoms with E-state index in [0.717, 1.165) is 6.21 Å². The maximum Gasteiger partial charge on any atom is 0.413 e. The topological polar surface area (TPSA) is 83.8 Å². The number of carbonyl (C=O) groups is 1. The summed E-state index contributed by atoms with van der Waals surface area (Å²) in [6.45, 7) is 5.23. The Morgan fingerprint density at radius 2 is 2.28 bits per heavy atom. The van der Waals surface area contributed by atoms with Crippen LogP contribution in [0, 0.1) is 0 Å². The molecule has 0 unspecified atom stereocenters. The fourth-order valence-corrected chi connectivity index (χ4v) is 1.32. The van der Waals surface area contributed by atoms with Gasteiger partial charge in [0.05, 0.1) is 16.8 Å². The van der Waals surface area contributed by atoms with Crippen LogP contribution in [0.15, 0.2) is 17.4 Å². The number of halogens is 1. The van der Waals surface area contributed by atoms with Crippen molar-refractivity contribution in [2.75, 3.05) is 5.32 Å². The molecule has 98 valence electrons. The van der Waals surface area contributed by atoms with Crippen LogP contribution in [0.4, 0.5) is 10.6 Å². The Bertz CT molecular complexity index is 469. The SMILES string of the molecule is CC(C)(C)OC(=O)Nc1nccc(Cl)c1/C=N/O. The lowest BCUT2D eigenvalue weighted by Crippen LogP contribution is -2.27. The molecule has 0 atom stereocenters. The summed E-state index contributed by atoms with van der Waals surface area (Å²) < 4.78 is 5.07. The first-order valence-electron chi connectivity index (χ1n) is 5.15. The molecule has 0 spiro atoms. The first-order valence-corrected chi connectivity index (χ1v) is 5.53. The third kappa shape index (κ3) is 4.21. The van der Waals surface area contributed by atoms with E-state index in [2.05, 4.69) is 15.5 Å². The number of hydrogen-bond donors (Lipinski definition) is 2. The number of ether oxygens (including phenoxy) is 1. The quantitative estimate of drug-likeness (QED) is 0.492. The molecule has 0 aliphatic heterocycles. The number of amides is 1. The zero-order valence-corrected chi connectivity index (χ0v) is 11.0. The van der Waals surface area contributed by atoms with Gasteiger partial charge in [0, 0.05) is 6.20 Å². The molecule has 0 aliphatic rings. The van der Waals surface area contributed by atoms with E-state index >= 15 is 0 Å². The number of rotatable bonds is 2. The van der Waals surface area contributed by atoms with Crippen LogP contribution in [0.3, 0.4) is 0 Å². The Labute approximate surface area is 110 Å². The molecule has 1 amide bonds. The van der Waals surface area contributed by atoms with Gasteiger partial charge in [0.25, 0.3) is 0 Å². The molecular formula is C11H14ClN3O3. The maximum absolute atomic E-state index is 11.6. The second-order valence-corrected chi connectivity index (χ2v) is 4.83. The highest BCUT2D eigenvalue weighted by molar-refractivity contribution is 6.33. The Kier molecular flexibility index (Phi) is 4.49. The normalized spacial score (nSPS) is 11.6. The standard InChI is InChI=1S/C11H14ClN3O3/c1-11(2,3)18-10(16)15-9-7(6-14-17)8(12)4-5-13-9/h4-6,17H,1-3H3,(H,13,15,16)/b14-6+. The van der Waals surface area contributed by atoms with Gasteiger partial charge in [-0.25, -0.2) is 9.78 Å². The van der Waals surface area contributed by atoms with Crippen molar-refractivity contribution in [3.63, 3.8) is 0 Å². The number of aromatic nitrogens is 1. The van der Waals surface area contributed by atoms with Crippen molar-refractivity contribution >= 4 is 29.7 Å². The number of oxime groups is 1. The van der Waals surface area contributed by atoms with Crippen LogP contribution in [-0.4, -0.2) is 28.1 Å². The van der Waals surface area contributed by atoms with E-state index < -0.39 is 11.7 Å². The highest BCUT2D eigenvalue weighted by Crippen LogP contribution is 2.20. The van der Waals surface area contributed by atoms with Gasteiger partial charge in [0.1, 0.15) is 11.4 Å². The molecule has 0 saturated heterocycles. The molecule has 2 N–H and O–H groups in total. The third-order valence-electron chi connectivity index (χ3n) is 1.74. The van der Waals surface area contributed by atoms with Gasteiger partial charge in [0.15, 0.2) is 0 Å². The Balaban J connectivity index is 2.91. The van der Waals surface area contributed by atoms with Gasteiger partial charge in [-0.1, -0.05) is 16.8 Å². The van der Waals surface area contributed by atoms with Crippen molar-refractivity contribution in [1.29, 1.82) is 0 Å². The van der Waals surface area contributed by atoms with Crippen LogP contribution in [-0.2, 0) is 4.74 Å². The molecule has 1 aromatic rings. The fraction of sp³-hybridized carbons (Fsp3) is 0.364. The summed E-state index contributed by atoms with van der Waals surface area (Å²) in [6, 6.07) is 1.51. The van der Waals surface area contributed by atoms with Crippen molar-refractivity contribution < 1.29 is 14.7 Å². The number of hydrogen-bond acceptors (Lipinski definition) is 5. The Morgan fingerprint density at radius 1 is 1.61 bits per heavy atom. The van der Waals surface area contributed by atoms with E-state index in [1.165, 1.54) is 12.3 Å². The molecule has 0 bridgehead atoms. The van der Waals surface area contributed by atoms with Gasteiger partial charge in [-0.15, -0.1) is 0 Å². The minimum Gasteiger partial charge on any atom is -0.444 e. The largest absolute Gasteiger partial charge is 0.444 e. The van der Waals surface area contributed by atoms with E-state index in [1.54, 1.807) is 20.8 Å². The van der Waals surface area contributed by atoms with Crippen LogP contribution in [0.1, 0.15) is 26.3 Å². The average molecular weight is 272 g/mol. The second-order valence-electron chi connectivity index (χ2n) is 4.43. The molecule has 18 heavy (non-hydrogen) atoms. The number of carbonyl (C=O) groups excluding carboxylic acids is 1. The minimum atomic E-state index is -0.662. The molecule has 0 fully saturated rings. The predicted molar refractivity (Wildman–Crippen MR) is 68.5 cm³/mol. The predicted octanol–water partition coefficient (Wildman–Crippen LogP) is 2.89. The Morgan fingerprint density at radius 3 is 2.83 bits per heavy atom. The van der Waals surface area contributed by atoms with Gasteiger partial charge >= 0.3 is 6.09 Å². The van der Waals surface area contributed by atoms with Crippen molar-refractivity contribution in [3.8, 4) is 0 Å². The summed E-state index contributed by atoms with van der Waals surface area (Å²) >= 11 is 5.89. The lowest BCUT2D eigenvalue weighted by atomic mass is 10.2. The maximum atomic E-state index is 11.6. The van der Waals surface area contributed by atoms with Gasteiger partial charge in [-0.2, -0.15) is 0 Å². The average Bonchev–Trinajstić information content (AvgIpc) is 2.20. The lowest BCUT2D eigenvalue weighted by molar-refractivity contribution is 0.0635. The molecule has 6 nitrogen and oxygen atoms in total. The number of anilines is 1. The summed E-state index contributed by atoms with van der Waals surface area (Å²) in [5.74, 6) is 0.162. The number of nitrogens with zero attached hydrogens (tertiary/aromatic N) is 2. The zero-order valence-electron chi connectivity index (χ0n) is 10.3. The van der Waals surface area contributed by atoms with Gasteiger partial charge in [-0.05, 0) is 26.8 Å². The van der Waals surface area contributed by atoms with Crippen LogP contribution in [0.2, 0.25) is 5.02 Å². The second kappa shape index (κ2) is 5.68. The molecule has 7 heteroatoms. The zero-order chi connectivity index (χ0) is 13.8. The summed E-state index contributed by atoms with van der Waals surface area (Å²) in [5, 5.41) is 14.1. The molecule has 1 heterocycles.